The van der Waals surface area contributed by atoms with Gasteiger partial charge in [-0.25, -0.2) is 9.18 Å². The Morgan fingerprint density at radius 2 is 2.14 bits per heavy atom. The van der Waals surface area contributed by atoms with Crippen LogP contribution in [-0.4, -0.2) is 22.0 Å². The SMILES string of the molecule is COc1ccc(F)cc1C(=O)Cn1ccn(C2CC2)c1=O. The van der Waals surface area contributed by atoms with Crippen molar-refractivity contribution >= 4 is 5.78 Å². The fourth-order valence-corrected chi connectivity index (χ4v) is 2.32. The van der Waals surface area contributed by atoms with Crippen LogP contribution < -0.4 is 10.4 Å². The predicted octanol–water partition coefficient (Wildman–Crippen LogP) is 2.02. The highest BCUT2D eigenvalue weighted by molar-refractivity contribution is 5.98. The third-order valence-electron chi connectivity index (χ3n) is 3.59. The Morgan fingerprint density at radius 3 is 2.81 bits per heavy atom. The van der Waals surface area contributed by atoms with Crippen LogP contribution in [0.2, 0.25) is 0 Å². The molecule has 1 heterocycles. The van der Waals surface area contributed by atoms with Gasteiger partial charge in [-0.15, -0.1) is 0 Å². The monoisotopic (exact) mass is 290 g/mol. The third-order valence-corrected chi connectivity index (χ3v) is 3.59. The van der Waals surface area contributed by atoms with Gasteiger partial charge < -0.3 is 4.74 Å². The second kappa shape index (κ2) is 5.20. The van der Waals surface area contributed by atoms with Crippen molar-refractivity contribution in [3.8, 4) is 5.75 Å². The van der Waals surface area contributed by atoms with E-state index >= 15 is 0 Å². The summed E-state index contributed by atoms with van der Waals surface area (Å²) in [6, 6.07) is 4.02. The first-order valence-corrected chi connectivity index (χ1v) is 6.74. The lowest BCUT2D eigenvalue weighted by Gasteiger charge is -2.08. The van der Waals surface area contributed by atoms with Crippen LogP contribution in [0.25, 0.3) is 0 Å². The number of nitrogens with zero attached hydrogens (tertiary/aromatic N) is 2. The molecule has 0 saturated heterocycles. The Balaban J connectivity index is 1.86. The standard InChI is InChI=1S/C15H15FN2O3/c1-21-14-5-2-10(16)8-12(14)13(19)9-17-6-7-18(15(17)20)11-3-4-11/h2,5-8,11H,3-4,9H2,1H3. The quantitative estimate of drug-likeness (QED) is 0.792. The van der Waals surface area contributed by atoms with Crippen LogP contribution in [-0.2, 0) is 6.54 Å². The molecule has 110 valence electrons. The van der Waals surface area contributed by atoms with Crippen LogP contribution in [0, 0.1) is 5.82 Å². The molecule has 1 aliphatic rings. The first-order valence-electron chi connectivity index (χ1n) is 6.74. The smallest absolute Gasteiger partial charge is 0.328 e. The van der Waals surface area contributed by atoms with Crippen LogP contribution in [0.15, 0.2) is 35.4 Å². The average Bonchev–Trinajstić information content (AvgIpc) is 3.25. The summed E-state index contributed by atoms with van der Waals surface area (Å²) in [5, 5.41) is 0. The molecule has 0 unspecified atom stereocenters. The van der Waals surface area contributed by atoms with Crippen molar-refractivity contribution in [3.63, 3.8) is 0 Å². The summed E-state index contributed by atoms with van der Waals surface area (Å²) < 4.78 is 21.3. The molecule has 0 spiro atoms. The number of hydrogen-bond acceptors (Lipinski definition) is 3. The largest absolute Gasteiger partial charge is 0.496 e. The number of hydrogen-bond donors (Lipinski definition) is 0. The molecule has 1 fully saturated rings. The predicted molar refractivity (Wildman–Crippen MR) is 74.2 cm³/mol. The van der Waals surface area contributed by atoms with Crippen LogP contribution >= 0.6 is 0 Å². The zero-order chi connectivity index (χ0) is 15.0. The first-order chi connectivity index (χ1) is 10.1. The number of Topliss-reactive ketones (excluding diaryl/α,β-unsaturated/α-hetero) is 1. The number of carbonyl (C=O) groups is 1. The second-order valence-corrected chi connectivity index (χ2v) is 5.11. The van der Waals surface area contributed by atoms with E-state index in [1.807, 2.05) is 0 Å². The molecule has 2 aromatic rings. The van der Waals surface area contributed by atoms with Crippen molar-refractivity contribution in [2.45, 2.75) is 25.4 Å². The molecule has 5 nitrogen and oxygen atoms in total. The Morgan fingerprint density at radius 1 is 1.38 bits per heavy atom. The molecular formula is C15H15FN2O3. The molecule has 0 bridgehead atoms. The van der Waals surface area contributed by atoms with E-state index in [-0.39, 0.29) is 29.6 Å². The highest BCUT2D eigenvalue weighted by Crippen LogP contribution is 2.33. The van der Waals surface area contributed by atoms with Gasteiger partial charge in [-0.3, -0.25) is 13.9 Å². The van der Waals surface area contributed by atoms with Gasteiger partial charge in [-0.2, -0.15) is 0 Å². The van der Waals surface area contributed by atoms with E-state index in [9.17, 15) is 14.0 Å². The zero-order valence-corrected chi connectivity index (χ0v) is 11.6. The van der Waals surface area contributed by atoms with Gasteiger partial charge in [0.05, 0.1) is 19.2 Å². The number of benzene rings is 1. The average molecular weight is 290 g/mol. The maximum atomic E-state index is 13.3. The lowest BCUT2D eigenvalue weighted by atomic mass is 10.1. The second-order valence-electron chi connectivity index (χ2n) is 5.11. The van der Waals surface area contributed by atoms with Gasteiger partial charge in [-0.05, 0) is 31.0 Å². The Hall–Kier alpha value is -2.37. The van der Waals surface area contributed by atoms with Gasteiger partial charge in [0.1, 0.15) is 11.6 Å². The van der Waals surface area contributed by atoms with Gasteiger partial charge in [-0.1, -0.05) is 0 Å². The zero-order valence-electron chi connectivity index (χ0n) is 11.6. The Bertz CT molecular complexity index is 744. The van der Waals surface area contributed by atoms with Gasteiger partial charge >= 0.3 is 5.69 Å². The molecule has 21 heavy (non-hydrogen) atoms. The van der Waals surface area contributed by atoms with E-state index in [0.29, 0.717) is 5.75 Å². The van der Waals surface area contributed by atoms with E-state index in [2.05, 4.69) is 0 Å². The highest BCUT2D eigenvalue weighted by atomic mass is 19.1. The molecule has 0 aliphatic heterocycles. The number of rotatable bonds is 5. The number of carbonyl (C=O) groups excluding carboxylic acids is 1. The molecule has 0 radical (unpaired) electrons. The molecule has 1 aromatic carbocycles. The van der Waals surface area contributed by atoms with E-state index < -0.39 is 5.82 Å². The van der Waals surface area contributed by atoms with Crippen molar-refractivity contribution in [3.05, 3.63) is 52.5 Å². The summed E-state index contributed by atoms with van der Waals surface area (Å²) in [7, 11) is 1.42. The fourth-order valence-electron chi connectivity index (χ4n) is 2.32. The third kappa shape index (κ3) is 2.61. The maximum Gasteiger partial charge on any atom is 0.328 e. The topological polar surface area (TPSA) is 53.2 Å². The maximum absolute atomic E-state index is 13.3. The van der Waals surface area contributed by atoms with Crippen molar-refractivity contribution < 1.29 is 13.9 Å². The van der Waals surface area contributed by atoms with Gasteiger partial charge in [0, 0.05) is 18.4 Å². The number of imidazole rings is 1. The number of ketones is 1. The molecule has 0 N–H and O–H groups in total. The van der Waals surface area contributed by atoms with Gasteiger partial charge in [0.15, 0.2) is 5.78 Å². The van der Waals surface area contributed by atoms with Crippen molar-refractivity contribution in [1.82, 2.24) is 9.13 Å². The number of aromatic nitrogens is 2. The number of ether oxygens (including phenoxy) is 1. The van der Waals surface area contributed by atoms with Gasteiger partial charge in [0.2, 0.25) is 0 Å². The van der Waals surface area contributed by atoms with E-state index in [4.69, 9.17) is 4.74 Å². The van der Waals surface area contributed by atoms with Crippen LogP contribution in [0.5, 0.6) is 5.75 Å². The van der Waals surface area contributed by atoms with Crippen molar-refractivity contribution in [2.24, 2.45) is 0 Å². The minimum absolute atomic E-state index is 0.127. The fraction of sp³-hybridized carbons (Fsp3) is 0.333. The highest BCUT2D eigenvalue weighted by Gasteiger charge is 2.26. The Kier molecular flexibility index (Phi) is 3.37. The molecular weight excluding hydrogens is 275 g/mol. The summed E-state index contributed by atoms with van der Waals surface area (Å²) in [6.45, 7) is -0.127. The van der Waals surface area contributed by atoms with Gasteiger partial charge in [0.25, 0.3) is 0 Å². The van der Waals surface area contributed by atoms with E-state index in [1.165, 1.54) is 23.8 Å². The molecule has 1 saturated carbocycles. The lowest BCUT2D eigenvalue weighted by molar-refractivity contribution is 0.0967. The molecule has 6 heteroatoms. The summed E-state index contributed by atoms with van der Waals surface area (Å²) >= 11 is 0. The molecule has 1 aliphatic carbocycles. The summed E-state index contributed by atoms with van der Waals surface area (Å²) in [5.41, 5.74) is -0.0650. The van der Waals surface area contributed by atoms with Crippen molar-refractivity contribution in [2.75, 3.05) is 7.11 Å². The summed E-state index contributed by atoms with van der Waals surface area (Å²) in [5.74, 6) is -0.569. The number of halogens is 1. The Labute approximate surface area is 120 Å². The van der Waals surface area contributed by atoms with Crippen LogP contribution in [0.3, 0.4) is 0 Å². The van der Waals surface area contributed by atoms with E-state index in [1.54, 1.807) is 17.0 Å². The lowest BCUT2D eigenvalue weighted by Crippen LogP contribution is -2.26. The number of methoxy groups -OCH3 is 1. The van der Waals surface area contributed by atoms with Crippen LogP contribution in [0.1, 0.15) is 29.2 Å². The van der Waals surface area contributed by atoms with E-state index in [0.717, 1.165) is 18.9 Å². The molecule has 0 atom stereocenters. The van der Waals surface area contributed by atoms with Crippen molar-refractivity contribution in [1.29, 1.82) is 0 Å². The molecule has 0 amide bonds. The van der Waals surface area contributed by atoms with Crippen LogP contribution in [0.4, 0.5) is 4.39 Å². The molecule has 3 rings (SSSR count). The first kappa shape index (κ1) is 13.6. The normalized spacial score (nSPS) is 14.2. The minimum atomic E-state index is -0.512. The molecule has 1 aromatic heterocycles. The minimum Gasteiger partial charge on any atom is -0.496 e. The summed E-state index contributed by atoms with van der Waals surface area (Å²) in [4.78, 5) is 24.4. The summed E-state index contributed by atoms with van der Waals surface area (Å²) in [6.07, 6.45) is 5.27.